The molecule has 16 nitrogen and oxygen atoms in total. The van der Waals surface area contributed by atoms with Crippen molar-refractivity contribution in [3.05, 3.63) is 25.3 Å². The Kier molecular flexibility index (Phi) is 19.7. The molecular weight excluding hydrogens is 752 g/mol. The van der Waals surface area contributed by atoms with Gasteiger partial charge >= 0.3 is 24.1 Å². The number of hydrogen-bond donors (Lipinski definition) is 4. The highest BCUT2D eigenvalue weighted by Gasteiger charge is 2.43. The van der Waals surface area contributed by atoms with Crippen LogP contribution in [0.4, 0.5) is 9.59 Å². The zero-order valence-corrected chi connectivity index (χ0v) is 36.1. The van der Waals surface area contributed by atoms with Crippen molar-refractivity contribution < 1.29 is 57.2 Å². The Balaban J connectivity index is 1.70. The molecule has 0 heterocycles. The summed E-state index contributed by atoms with van der Waals surface area (Å²) in [7, 11) is 0. The molecule has 2 aliphatic rings. The Labute approximate surface area is 344 Å². The van der Waals surface area contributed by atoms with Gasteiger partial charge in [0.2, 0.25) is 0 Å². The van der Waals surface area contributed by atoms with Crippen molar-refractivity contribution in [1.29, 1.82) is 0 Å². The van der Waals surface area contributed by atoms with Gasteiger partial charge in [-0.25, -0.2) is 19.2 Å². The van der Waals surface area contributed by atoms with Crippen molar-refractivity contribution in [2.24, 2.45) is 16.2 Å². The first-order valence-corrected chi connectivity index (χ1v) is 20.3. The van der Waals surface area contributed by atoms with E-state index >= 15 is 0 Å². The van der Waals surface area contributed by atoms with Crippen molar-refractivity contribution >= 4 is 35.9 Å². The predicted molar refractivity (Wildman–Crippen MR) is 216 cm³/mol. The van der Waals surface area contributed by atoms with Gasteiger partial charge in [-0.1, -0.05) is 47.3 Å². The maximum Gasteiger partial charge on any atom is 0.407 e. The van der Waals surface area contributed by atoms with Crippen molar-refractivity contribution in [1.82, 2.24) is 21.3 Å². The Hall–Kier alpha value is -4.18. The van der Waals surface area contributed by atoms with E-state index in [1.807, 2.05) is 0 Å². The van der Waals surface area contributed by atoms with Crippen LogP contribution in [0.15, 0.2) is 25.3 Å². The molecule has 2 saturated carbocycles. The molecule has 0 bridgehead atoms. The van der Waals surface area contributed by atoms with Gasteiger partial charge in [-0.05, 0) is 95.3 Å². The van der Waals surface area contributed by atoms with E-state index in [0.717, 1.165) is 44.3 Å². The van der Waals surface area contributed by atoms with Gasteiger partial charge in [-0.3, -0.25) is 9.59 Å². The molecule has 0 aromatic heterocycles. The summed E-state index contributed by atoms with van der Waals surface area (Å²) in [6.45, 7) is 23.2. The molecule has 0 saturated heterocycles. The molecule has 2 rings (SSSR count). The number of esters is 2. The quantitative estimate of drug-likeness (QED) is 0.0464. The molecule has 0 radical (unpaired) electrons. The van der Waals surface area contributed by atoms with E-state index < -0.39 is 35.3 Å². The number of alkyl carbamates (subject to hydrolysis) is 2. The second-order valence-corrected chi connectivity index (χ2v) is 18.0. The van der Waals surface area contributed by atoms with Gasteiger partial charge in [-0.15, -0.1) is 0 Å². The minimum Gasteiger partial charge on any atom is -0.459 e. The molecule has 2 aliphatic carbocycles. The number of nitrogens with one attached hydrogen (secondary N) is 4. The van der Waals surface area contributed by atoms with Crippen LogP contribution in [0.5, 0.6) is 0 Å². The minimum atomic E-state index is -1.08. The normalized spacial score (nSPS) is 23.0. The number of rotatable bonds is 23. The van der Waals surface area contributed by atoms with Crippen LogP contribution in [-0.4, -0.2) is 112 Å². The minimum absolute atomic E-state index is 0.0541. The molecule has 2 fully saturated rings. The number of amides is 4. The highest BCUT2D eigenvalue weighted by molar-refractivity contribution is 5.85. The van der Waals surface area contributed by atoms with Crippen LogP contribution >= 0.6 is 0 Å². The van der Waals surface area contributed by atoms with Crippen LogP contribution in [-0.2, 0) is 47.6 Å². The summed E-state index contributed by atoms with van der Waals surface area (Å²) in [5.41, 5.74) is -2.77. The summed E-state index contributed by atoms with van der Waals surface area (Å²) in [6.07, 6.45) is 7.62. The molecule has 4 atom stereocenters. The first kappa shape index (κ1) is 50.0. The molecule has 4 unspecified atom stereocenters. The highest BCUT2D eigenvalue weighted by Crippen LogP contribution is 2.46. The highest BCUT2D eigenvalue weighted by atomic mass is 16.6. The van der Waals surface area contributed by atoms with E-state index in [-0.39, 0.29) is 66.6 Å². The van der Waals surface area contributed by atoms with Crippen LogP contribution in [0.1, 0.15) is 113 Å². The third kappa shape index (κ3) is 18.6. The summed E-state index contributed by atoms with van der Waals surface area (Å²) in [5.74, 6) is -1.63. The van der Waals surface area contributed by atoms with Crippen molar-refractivity contribution in [2.45, 2.75) is 136 Å². The molecule has 0 spiro atoms. The zero-order chi connectivity index (χ0) is 43.6. The van der Waals surface area contributed by atoms with Crippen molar-refractivity contribution in [3.63, 3.8) is 0 Å². The number of carbonyl (C=O) groups excluding carboxylic acids is 6. The summed E-state index contributed by atoms with van der Waals surface area (Å²) in [6, 6.07) is -0.276. The van der Waals surface area contributed by atoms with Gasteiger partial charge in [0, 0.05) is 50.5 Å². The van der Waals surface area contributed by atoms with Crippen molar-refractivity contribution in [2.75, 3.05) is 52.7 Å². The smallest absolute Gasteiger partial charge is 0.407 e. The third-order valence-electron chi connectivity index (χ3n) is 10.5. The Morgan fingerprint density at radius 2 is 1.05 bits per heavy atom. The van der Waals surface area contributed by atoms with E-state index in [2.05, 4.69) is 62.1 Å². The van der Waals surface area contributed by atoms with Crippen LogP contribution in [0.2, 0.25) is 0 Å². The van der Waals surface area contributed by atoms with Crippen LogP contribution in [0.3, 0.4) is 0 Å². The molecule has 0 aromatic carbocycles. The second-order valence-electron chi connectivity index (χ2n) is 18.0. The second kappa shape index (κ2) is 22.8. The van der Waals surface area contributed by atoms with Gasteiger partial charge in [-0.2, -0.15) is 0 Å². The van der Waals surface area contributed by atoms with Crippen LogP contribution in [0, 0.1) is 16.2 Å². The molecule has 0 aromatic rings. The molecule has 4 amide bonds. The summed E-state index contributed by atoms with van der Waals surface area (Å²) < 4.78 is 31.9. The van der Waals surface area contributed by atoms with Gasteiger partial charge in [0.05, 0.1) is 0 Å². The number of carbonyl (C=O) groups is 6. The van der Waals surface area contributed by atoms with Crippen molar-refractivity contribution in [3.8, 4) is 0 Å². The predicted octanol–water partition coefficient (Wildman–Crippen LogP) is 5.03. The lowest BCUT2D eigenvalue weighted by molar-refractivity contribution is -0.145. The largest absolute Gasteiger partial charge is 0.459 e. The zero-order valence-electron chi connectivity index (χ0n) is 36.1. The van der Waals surface area contributed by atoms with E-state index in [1.54, 1.807) is 27.7 Å². The SMILES string of the molecule is C=CC(=O)OCCOC(=O)NC1CCCC(C)(CNC(=O)C(C)(C)OCCCCOC(C)(C)C(=O)NCC2(C)CC(NC(=O)OCCOC(=O)C=C)CC(C)(C)C2)C1. The van der Waals surface area contributed by atoms with Gasteiger partial charge in [0.1, 0.15) is 37.6 Å². The Bertz CT molecular complexity index is 1430. The van der Waals surface area contributed by atoms with Gasteiger partial charge in [0.15, 0.2) is 0 Å². The van der Waals surface area contributed by atoms with E-state index in [1.165, 1.54) is 0 Å². The maximum absolute atomic E-state index is 13.3. The first-order valence-electron chi connectivity index (χ1n) is 20.3. The monoisotopic (exact) mass is 822 g/mol. The topological polar surface area (TPSA) is 206 Å². The van der Waals surface area contributed by atoms with Gasteiger partial charge < -0.3 is 49.7 Å². The average molecular weight is 823 g/mol. The van der Waals surface area contributed by atoms with Crippen LogP contribution < -0.4 is 21.3 Å². The molecule has 330 valence electrons. The van der Waals surface area contributed by atoms with Gasteiger partial charge in [0.25, 0.3) is 11.8 Å². The fourth-order valence-corrected chi connectivity index (χ4v) is 7.82. The fourth-order valence-electron chi connectivity index (χ4n) is 7.82. The number of unbranched alkanes of at least 4 members (excludes halogenated alkanes) is 1. The third-order valence-corrected chi connectivity index (χ3v) is 10.5. The molecule has 0 aliphatic heterocycles. The number of ether oxygens (including phenoxy) is 6. The standard InChI is InChI=1S/C42H70N4O12/c1-11-32(47)53-20-22-55-36(51)45-30-16-15-17-41(9,25-30)28-43-34(49)39(5,6)57-18-13-14-19-58-40(7,8)35(50)44-29-42(10)26-31(24-38(3,4)27-42)46-37(52)56-23-21-54-33(48)12-2/h11-12,30-31H,1-2,13-29H2,3-10H3,(H,43,49)(H,44,50)(H,45,51)(H,46,52). The molecular formula is C42H70N4O12. The Morgan fingerprint density at radius 3 is 1.53 bits per heavy atom. The number of hydrogen-bond acceptors (Lipinski definition) is 12. The average Bonchev–Trinajstić information content (AvgIpc) is 3.13. The lowest BCUT2D eigenvalue weighted by Crippen LogP contribution is -2.53. The molecule has 16 heteroatoms. The molecule has 4 N–H and O–H groups in total. The summed E-state index contributed by atoms with van der Waals surface area (Å²) in [5, 5.41) is 11.9. The summed E-state index contributed by atoms with van der Waals surface area (Å²) in [4.78, 5) is 73.4. The van der Waals surface area contributed by atoms with E-state index in [9.17, 15) is 28.8 Å². The van der Waals surface area contributed by atoms with E-state index in [4.69, 9.17) is 28.4 Å². The fraction of sp³-hybridized carbons (Fsp3) is 0.762. The Morgan fingerprint density at radius 1 is 0.621 bits per heavy atom. The summed E-state index contributed by atoms with van der Waals surface area (Å²) >= 11 is 0. The van der Waals surface area contributed by atoms with Crippen LogP contribution in [0.25, 0.3) is 0 Å². The van der Waals surface area contributed by atoms with E-state index in [0.29, 0.717) is 52.0 Å². The maximum atomic E-state index is 13.3. The molecule has 58 heavy (non-hydrogen) atoms. The lowest BCUT2D eigenvalue weighted by atomic mass is 9.62. The first-order chi connectivity index (χ1) is 27.0. The lowest BCUT2D eigenvalue weighted by Gasteiger charge is -2.47.